The maximum atomic E-state index is 13.4. The molecule has 4 rings (SSSR count). The monoisotopic (exact) mass is 563 g/mol. The summed E-state index contributed by atoms with van der Waals surface area (Å²) in [4.78, 5) is 12.5. The van der Waals surface area contributed by atoms with Crippen LogP contribution in [0.2, 0.25) is 0 Å². The molecule has 0 unspecified atom stereocenters. The second-order valence-electron chi connectivity index (χ2n) is 7.96. The third-order valence-electron chi connectivity index (χ3n) is 5.25. The molecule has 0 bridgehead atoms. The van der Waals surface area contributed by atoms with E-state index < -0.39 is 53.7 Å². The van der Waals surface area contributed by atoms with Crippen LogP contribution < -0.4 is 14.8 Å². The van der Waals surface area contributed by atoms with E-state index in [2.05, 4.69) is 20.3 Å². The maximum Gasteiger partial charge on any atom is 0.573 e. The summed E-state index contributed by atoms with van der Waals surface area (Å²) in [6.07, 6.45) is -14.9. The molecule has 0 aliphatic heterocycles. The lowest BCUT2D eigenvalue weighted by Gasteiger charge is -2.16. The lowest BCUT2D eigenvalue weighted by molar-refractivity contribution is -0.274. The molecule has 1 heterocycles. The van der Waals surface area contributed by atoms with E-state index in [0.717, 1.165) is 24.3 Å². The molecular weight excluding hydrogens is 549 g/mol. The van der Waals surface area contributed by atoms with Crippen molar-refractivity contribution in [3.05, 3.63) is 82.9 Å². The Kier molecular flexibility index (Phi) is 7.10. The smallest absolute Gasteiger partial charge is 0.489 e. The molecule has 1 amide bonds. The minimum Gasteiger partial charge on any atom is -0.489 e. The number of carbonyl (C=O) groups excluding carboxylic acids is 1. The summed E-state index contributed by atoms with van der Waals surface area (Å²) in [5.74, 6) is -1.29. The minimum absolute atomic E-state index is 0.00733. The Hall–Kier alpha value is -4.43. The van der Waals surface area contributed by atoms with Crippen molar-refractivity contribution >= 4 is 22.6 Å². The van der Waals surface area contributed by atoms with Gasteiger partial charge in [-0.2, -0.15) is 31.4 Å². The predicted molar refractivity (Wildman–Crippen MR) is 118 cm³/mol. The molecule has 0 spiro atoms. The van der Waals surface area contributed by atoms with E-state index in [1.165, 1.54) is 18.2 Å². The highest BCUT2D eigenvalue weighted by molar-refractivity contribution is 6.08. The Morgan fingerprint density at radius 2 is 1.49 bits per heavy atom. The van der Waals surface area contributed by atoms with E-state index in [1.807, 2.05) is 0 Å². The SMILES string of the molecule is O=C(Nc1n[nH]c2ccc(OCc3ccc(C(F)(F)F)cc3C(F)(F)F)cc12)c1ccc(OC(F)(F)F)cc1. The van der Waals surface area contributed by atoms with Gasteiger partial charge in [0.15, 0.2) is 5.82 Å². The molecule has 15 heteroatoms. The second-order valence-corrected chi connectivity index (χ2v) is 7.96. The normalized spacial score (nSPS) is 12.4. The van der Waals surface area contributed by atoms with Crippen molar-refractivity contribution < 1.29 is 53.8 Å². The zero-order valence-electron chi connectivity index (χ0n) is 19.1. The van der Waals surface area contributed by atoms with Gasteiger partial charge in [-0.3, -0.25) is 9.89 Å². The number of benzene rings is 3. The van der Waals surface area contributed by atoms with Crippen molar-refractivity contribution in [3.8, 4) is 11.5 Å². The molecule has 2 N–H and O–H groups in total. The number of carbonyl (C=O) groups is 1. The van der Waals surface area contributed by atoms with Crippen LogP contribution in [0.25, 0.3) is 10.9 Å². The van der Waals surface area contributed by atoms with Gasteiger partial charge in [0.1, 0.15) is 18.1 Å². The van der Waals surface area contributed by atoms with Crippen LogP contribution in [0, 0.1) is 0 Å². The fourth-order valence-electron chi connectivity index (χ4n) is 3.47. The van der Waals surface area contributed by atoms with Crippen LogP contribution in [0.5, 0.6) is 11.5 Å². The van der Waals surface area contributed by atoms with Crippen LogP contribution >= 0.6 is 0 Å². The number of aromatic nitrogens is 2. The molecule has 0 atom stereocenters. The Morgan fingerprint density at radius 3 is 2.10 bits per heavy atom. The van der Waals surface area contributed by atoms with E-state index >= 15 is 0 Å². The van der Waals surface area contributed by atoms with Crippen molar-refractivity contribution in [2.75, 3.05) is 5.32 Å². The number of nitrogens with one attached hydrogen (secondary N) is 2. The third kappa shape index (κ3) is 6.72. The number of fused-ring (bicyclic) bond motifs is 1. The van der Waals surface area contributed by atoms with E-state index in [9.17, 15) is 44.3 Å². The number of alkyl halides is 9. The van der Waals surface area contributed by atoms with Gasteiger partial charge in [0.05, 0.1) is 16.6 Å². The minimum atomic E-state index is -5.07. The molecule has 4 aromatic rings. The number of rotatable bonds is 6. The van der Waals surface area contributed by atoms with E-state index in [-0.39, 0.29) is 28.6 Å². The number of aromatic amines is 1. The highest BCUT2D eigenvalue weighted by Gasteiger charge is 2.38. The Morgan fingerprint density at radius 1 is 0.821 bits per heavy atom. The summed E-state index contributed by atoms with van der Waals surface area (Å²) in [5.41, 5.74) is -3.14. The molecule has 0 saturated carbocycles. The summed E-state index contributed by atoms with van der Waals surface area (Å²) in [7, 11) is 0. The van der Waals surface area contributed by atoms with Crippen molar-refractivity contribution in [2.24, 2.45) is 0 Å². The van der Waals surface area contributed by atoms with Gasteiger partial charge >= 0.3 is 18.7 Å². The molecule has 0 saturated heterocycles. The molecule has 39 heavy (non-hydrogen) atoms. The van der Waals surface area contributed by atoms with E-state index in [4.69, 9.17) is 4.74 Å². The molecule has 0 radical (unpaired) electrons. The second kappa shape index (κ2) is 10.0. The van der Waals surface area contributed by atoms with Gasteiger partial charge in [-0.25, -0.2) is 0 Å². The van der Waals surface area contributed by atoms with Crippen LogP contribution in [0.1, 0.15) is 27.0 Å². The highest BCUT2D eigenvalue weighted by Crippen LogP contribution is 2.38. The molecule has 1 aromatic heterocycles. The number of amides is 1. The number of hydrogen-bond acceptors (Lipinski definition) is 4. The van der Waals surface area contributed by atoms with Crippen LogP contribution in [-0.2, 0) is 19.0 Å². The first-order chi connectivity index (χ1) is 18.1. The van der Waals surface area contributed by atoms with Gasteiger partial charge in [-0.05, 0) is 54.6 Å². The molecule has 0 fully saturated rings. The maximum absolute atomic E-state index is 13.4. The number of halogens is 9. The number of nitrogens with zero attached hydrogens (tertiary/aromatic N) is 1. The van der Waals surface area contributed by atoms with Crippen LogP contribution in [0.4, 0.5) is 45.3 Å². The molecule has 6 nitrogen and oxygen atoms in total. The van der Waals surface area contributed by atoms with Gasteiger partial charge in [-0.15, -0.1) is 13.2 Å². The van der Waals surface area contributed by atoms with Crippen molar-refractivity contribution in [2.45, 2.75) is 25.3 Å². The first-order valence-corrected chi connectivity index (χ1v) is 10.7. The third-order valence-corrected chi connectivity index (χ3v) is 5.25. The largest absolute Gasteiger partial charge is 0.573 e. The molecule has 206 valence electrons. The summed E-state index contributed by atoms with van der Waals surface area (Å²) >= 11 is 0. The molecule has 0 aliphatic rings. The van der Waals surface area contributed by atoms with Crippen molar-refractivity contribution in [1.29, 1.82) is 0 Å². The van der Waals surface area contributed by atoms with Gasteiger partial charge in [0.25, 0.3) is 5.91 Å². The average molecular weight is 563 g/mol. The Bertz CT molecular complexity index is 1490. The first-order valence-electron chi connectivity index (χ1n) is 10.7. The molecule has 3 aromatic carbocycles. The lowest BCUT2D eigenvalue weighted by atomic mass is 10.0. The number of hydrogen-bond donors (Lipinski definition) is 2. The topological polar surface area (TPSA) is 76.2 Å². The summed E-state index contributed by atoms with van der Waals surface area (Å²) < 4.78 is 125. The molecular formula is C24H14F9N3O3. The van der Waals surface area contributed by atoms with Crippen LogP contribution in [-0.4, -0.2) is 22.5 Å². The standard InChI is InChI=1S/C24H14F9N3O3/c25-22(26,27)14-4-1-13(18(9-14)23(28,29)30)11-38-16-7-8-19-17(10-16)20(36-35-19)34-21(37)12-2-5-15(6-3-12)39-24(31,32)33/h1-10H,11H2,(H2,34,35,36,37). The number of ether oxygens (including phenoxy) is 2. The van der Waals surface area contributed by atoms with Crippen LogP contribution in [0.15, 0.2) is 60.7 Å². The van der Waals surface area contributed by atoms with Gasteiger partial charge in [0, 0.05) is 16.5 Å². The van der Waals surface area contributed by atoms with E-state index in [1.54, 1.807) is 0 Å². The zero-order valence-corrected chi connectivity index (χ0v) is 19.1. The molecule has 0 aliphatic carbocycles. The van der Waals surface area contributed by atoms with Gasteiger partial charge < -0.3 is 14.8 Å². The fraction of sp³-hybridized carbons (Fsp3) is 0.167. The summed E-state index contributed by atoms with van der Waals surface area (Å²) in [5, 5.41) is 9.24. The zero-order chi connectivity index (χ0) is 28.6. The first kappa shape index (κ1) is 27.6. The summed E-state index contributed by atoms with van der Waals surface area (Å²) in [6, 6.07) is 9.38. The average Bonchev–Trinajstić information content (AvgIpc) is 3.22. The summed E-state index contributed by atoms with van der Waals surface area (Å²) in [6.45, 7) is -0.718. The van der Waals surface area contributed by atoms with E-state index in [0.29, 0.717) is 17.6 Å². The highest BCUT2D eigenvalue weighted by atomic mass is 19.4. The number of anilines is 1. The Labute approximate surface area is 212 Å². The lowest BCUT2D eigenvalue weighted by Crippen LogP contribution is -2.17. The quantitative estimate of drug-likeness (QED) is 0.241. The number of H-pyrrole nitrogens is 1. The van der Waals surface area contributed by atoms with Gasteiger partial charge in [0.2, 0.25) is 0 Å². The van der Waals surface area contributed by atoms with Crippen LogP contribution in [0.3, 0.4) is 0 Å². The fourth-order valence-corrected chi connectivity index (χ4v) is 3.47. The van der Waals surface area contributed by atoms with Gasteiger partial charge in [-0.1, -0.05) is 6.07 Å². The Balaban J connectivity index is 1.51. The predicted octanol–water partition coefficient (Wildman–Crippen LogP) is 7.33. The van der Waals surface area contributed by atoms with Crippen molar-refractivity contribution in [1.82, 2.24) is 10.2 Å². The van der Waals surface area contributed by atoms with Crippen molar-refractivity contribution in [3.63, 3.8) is 0 Å².